The molecule has 5 nitrogen and oxygen atoms in total. The number of primary sulfonamides is 1. The Labute approximate surface area is 140 Å². The molecule has 122 valence electrons. The molecule has 1 amide bonds. The van der Waals surface area contributed by atoms with Gasteiger partial charge >= 0.3 is 0 Å². The van der Waals surface area contributed by atoms with E-state index in [1.807, 2.05) is 0 Å². The van der Waals surface area contributed by atoms with Gasteiger partial charge in [-0.2, -0.15) is 0 Å². The molecule has 0 fully saturated rings. The molecule has 0 unspecified atom stereocenters. The number of amides is 1. The van der Waals surface area contributed by atoms with Crippen LogP contribution in [0.15, 0.2) is 41.3 Å². The molecule has 0 spiro atoms. The molecule has 2 aromatic carbocycles. The fourth-order valence-corrected chi connectivity index (χ4v) is 3.15. The van der Waals surface area contributed by atoms with Gasteiger partial charge in [-0.3, -0.25) is 4.79 Å². The summed E-state index contributed by atoms with van der Waals surface area (Å²) in [6.07, 6.45) is 0. The van der Waals surface area contributed by atoms with E-state index < -0.39 is 10.0 Å². The van der Waals surface area contributed by atoms with E-state index in [-0.39, 0.29) is 16.4 Å². The van der Waals surface area contributed by atoms with Crippen LogP contribution in [0.4, 0.5) is 0 Å². The minimum absolute atomic E-state index is 0.0332. The zero-order valence-electron chi connectivity index (χ0n) is 12.8. The lowest BCUT2D eigenvalue weighted by Crippen LogP contribution is -2.24. The largest absolute Gasteiger partial charge is 0.348 e. The number of halogens is 1. The summed E-state index contributed by atoms with van der Waals surface area (Å²) in [5, 5.41) is 8.56. The first-order chi connectivity index (χ1) is 10.7. The molecule has 2 aromatic rings. The number of sulfonamides is 1. The van der Waals surface area contributed by atoms with Crippen molar-refractivity contribution in [2.45, 2.75) is 25.3 Å². The number of benzene rings is 2. The molecule has 7 heteroatoms. The van der Waals surface area contributed by atoms with Crippen molar-refractivity contribution < 1.29 is 13.2 Å². The summed E-state index contributed by atoms with van der Waals surface area (Å²) in [5.41, 5.74) is 2.37. The van der Waals surface area contributed by atoms with Gasteiger partial charge in [-0.1, -0.05) is 23.7 Å². The van der Waals surface area contributed by atoms with E-state index >= 15 is 0 Å². The van der Waals surface area contributed by atoms with Gasteiger partial charge in [-0.15, -0.1) is 0 Å². The van der Waals surface area contributed by atoms with Gasteiger partial charge in [0.25, 0.3) is 5.91 Å². The molecule has 0 aromatic heterocycles. The Bertz CT molecular complexity index is 846. The molecule has 0 atom stereocenters. The average Bonchev–Trinajstić information content (AvgIpc) is 2.47. The quantitative estimate of drug-likeness (QED) is 0.886. The molecule has 0 aliphatic heterocycles. The summed E-state index contributed by atoms with van der Waals surface area (Å²) < 4.78 is 23.3. The first-order valence-corrected chi connectivity index (χ1v) is 8.77. The Hall–Kier alpha value is -1.89. The second-order valence-electron chi connectivity index (χ2n) is 5.27. The minimum atomic E-state index is -3.88. The van der Waals surface area contributed by atoms with Crippen molar-refractivity contribution in [2.24, 2.45) is 5.14 Å². The zero-order chi connectivity index (χ0) is 17.2. The van der Waals surface area contributed by atoms with Crippen molar-refractivity contribution in [1.82, 2.24) is 5.32 Å². The van der Waals surface area contributed by atoms with Gasteiger partial charge in [-0.05, 0) is 54.8 Å². The van der Waals surface area contributed by atoms with Crippen LogP contribution in [0.5, 0.6) is 0 Å². The SMILES string of the molecule is Cc1cc(C(=O)NCc2ccc(Cl)cc2)cc(S(N)(=O)=O)c1C. The maximum absolute atomic E-state index is 12.3. The van der Waals surface area contributed by atoms with Gasteiger partial charge in [0.05, 0.1) is 4.90 Å². The average molecular weight is 353 g/mol. The fraction of sp³-hybridized carbons (Fsp3) is 0.188. The van der Waals surface area contributed by atoms with Crippen LogP contribution in [-0.4, -0.2) is 14.3 Å². The minimum Gasteiger partial charge on any atom is -0.348 e. The predicted molar refractivity (Wildman–Crippen MR) is 89.9 cm³/mol. The van der Waals surface area contributed by atoms with Crippen LogP contribution in [0, 0.1) is 13.8 Å². The lowest BCUT2D eigenvalue weighted by molar-refractivity contribution is 0.0950. The maximum atomic E-state index is 12.3. The summed E-state index contributed by atoms with van der Waals surface area (Å²) in [4.78, 5) is 12.2. The highest BCUT2D eigenvalue weighted by molar-refractivity contribution is 7.89. The van der Waals surface area contributed by atoms with E-state index in [2.05, 4.69) is 5.32 Å². The molecule has 0 radical (unpaired) electrons. The molecule has 0 aliphatic carbocycles. The van der Waals surface area contributed by atoms with Crippen molar-refractivity contribution in [1.29, 1.82) is 0 Å². The summed E-state index contributed by atoms with van der Waals surface area (Å²) in [7, 11) is -3.88. The number of nitrogens with two attached hydrogens (primary N) is 1. The summed E-state index contributed by atoms with van der Waals surface area (Å²) in [6, 6.07) is 10.0. The Morgan fingerprint density at radius 1 is 1.17 bits per heavy atom. The van der Waals surface area contributed by atoms with Gasteiger partial charge < -0.3 is 5.32 Å². The molecule has 23 heavy (non-hydrogen) atoms. The molecule has 0 bridgehead atoms. The number of rotatable bonds is 4. The molecule has 0 saturated carbocycles. The zero-order valence-corrected chi connectivity index (χ0v) is 14.3. The number of hydrogen-bond donors (Lipinski definition) is 2. The van der Waals surface area contributed by atoms with E-state index in [1.54, 1.807) is 44.2 Å². The van der Waals surface area contributed by atoms with Crippen LogP contribution in [0.1, 0.15) is 27.0 Å². The van der Waals surface area contributed by atoms with Crippen LogP contribution in [-0.2, 0) is 16.6 Å². The number of hydrogen-bond acceptors (Lipinski definition) is 3. The van der Waals surface area contributed by atoms with Crippen molar-refractivity contribution in [3.05, 3.63) is 63.7 Å². The molecule has 0 heterocycles. The van der Waals surface area contributed by atoms with Gasteiger partial charge in [0, 0.05) is 17.1 Å². The number of aryl methyl sites for hydroxylation is 1. The first kappa shape index (κ1) is 17.5. The Morgan fingerprint density at radius 2 is 1.78 bits per heavy atom. The highest BCUT2D eigenvalue weighted by atomic mass is 35.5. The topological polar surface area (TPSA) is 89.3 Å². The number of carbonyl (C=O) groups excluding carboxylic acids is 1. The molecule has 0 aliphatic rings. The third-order valence-corrected chi connectivity index (χ3v) is 4.84. The van der Waals surface area contributed by atoms with Gasteiger partial charge in [0.2, 0.25) is 10.0 Å². The van der Waals surface area contributed by atoms with Crippen molar-refractivity contribution in [3.8, 4) is 0 Å². The lowest BCUT2D eigenvalue weighted by Gasteiger charge is -2.11. The van der Waals surface area contributed by atoms with E-state index in [0.29, 0.717) is 22.7 Å². The highest BCUT2D eigenvalue weighted by Gasteiger charge is 2.17. The summed E-state index contributed by atoms with van der Waals surface area (Å²) >= 11 is 5.81. The third-order valence-electron chi connectivity index (χ3n) is 3.55. The number of carbonyl (C=O) groups is 1. The molecular weight excluding hydrogens is 336 g/mol. The number of nitrogens with one attached hydrogen (secondary N) is 1. The van der Waals surface area contributed by atoms with Gasteiger partial charge in [-0.25, -0.2) is 13.6 Å². The lowest BCUT2D eigenvalue weighted by atomic mass is 10.1. The normalized spacial score (nSPS) is 11.3. The van der Waals surface area contributed by atoms with E-state index in [1.165, 1.54) is 6.07 Å². The van der Waals surface area contributed by atoms with E-state index in [4.69, 9.17) is 16.7 Å². The van der Waals surface area contributed by atoms with E-state index in [9.17, 15) is 13.2 Å². The van der Waals surface area contributed by atoms with Crippen LogP contribution < -0.4 is 10.5 Å². The van der Waals surface area contributed by atoms with Crippen molar-refractivity contribution in [3.63, 3.8) is 0 Å². The Morgan fingerprint density at radius 3 is 2.35 bits per heavy atom. The molecule has 2 rings (SSSR count). The first-order valence-electron chi connectivity index (χ1n) is 6.85. The van der Waals surface area contributed by atoms with Crippen molar-refractivity contribution in [2.75, 3.05) is 0 Å². The molecular formula is C16H17ClN2O3S. The Balaban J connectivity index is 2.22. The third kappa shape index (κ3) is 4.31. The second-order valence-corrected chi connectivity index (χ2v) is 7.24. The van der Waals surface area contributed by atoms with Crippen molar-refractivity contribution >= 4 is 27.5 Å². The Kier molecular flexibility index (Phi) is 5.09. The predicted octanol–water partition coefficient (Wildman–Crippen LogP) is 2.53. The van der Waals surface area contributed by atoms with Crippen LogP contribution in [0.3, 0.4) is 0 Å². The maximum Gasteiger partial charge on any atom is 0.251 e. The smallest absolute Gasteiger partial charge is 0.251 e. The highest BCUT2D eigenvalue weighted by Crippen LogP contribution is 2.20. The molecule has 3 N–H and O–H groups in total. The van der Waals surface area contributed by atoms with Gasteiger partial charge in [0.1, 0.15) is 0 Å². The monoisotopic (exact) mass is 352 g/mol. The summed E-state index contributed by atoms with van der Waals surface area (Å²) in [5.74, 6) is -0.368. The van der Waals surface area contributed by atoms with Crippen LogP contribution in [0.25, 0.3) is 0 Å². The second kappa shape index (κ2) is 6.70. The summed E-state index contributed by atoms with van der Waals surface area (Å²) in [6.45, 7) is 3.71. The van der Waals surface area contributed by atoms with Crippen LogP contribution in [0.2, 0.25) is 5.02 Å². The fourth-order valence-electron chi connectivity index (χ4n) is 2.14. The van der Waals surface area contributed by atoms with Crippen LogP contribution >= 0.6 is 11.6 Å². The van der Waals surface area contributed by atoms with Gasteiger partial charge in [0.15, 0.2) is 0 Å². The molecule has 0 saturated heterocycles. The van der Waals surface area contributed by atoms with E-state index in [0.717, 1.165) is 5.56 Å². The standard InChI is InChI=1S/C16H17ClN2O3S/c1-10-7-13(8-15(11(10)2)23(18,21)22)16(20)19-9-12-3-5-14(17)6-4-12/h3-8H,9H2,1-2H3,(H,19,20)(H2,18,21,22).